The Morgan fingerprint density at radius 1 is 1.32 bits per heavy atom. The molecule has 1 aliphatic rings. The largest absolute Gasteiger partial charge is 0.339 e. The number of likely N-dealkylation sites (N-methyl/N-ethyl adjacent to an activating group) is 1. The molecule has 0 radical (unpaired) electrons. The molecule has 1 aromatic carbocycles. The highest BCUT2D eigenvalue weighted by Crippen LogP contribution is 2.11. The number of carbonyl (C=O) groups excluding carboxylic acids is 2. The number of amides is 2. The zero-order valence-corrected chi connectivity index (χ0v) is 13.6. The van der Waals surface area contributed by atoms with E-state index in [0.29, 0.717) is 24.2 Å². The van der Waals surface area contributed by atoms with Crippen LogP contribution >= 0.6 is 12.4 Å². The first-order chi connectivity index (χ1) is 9.99. The van der Waals surface area contributed by atoms with Gasteiger partial charge >= 0.3 is 0 Å². The second-order valence-electron chi connectivity index (χ2n) is 5.26. The Morgan fingerprint density at radius 3 is 2.55 bits per heavy atom. The van der Waals surface area contributed by atoms with E-state index in [1.54, 1.807) is 18.9 Å². The number of aryl methyl sites for hydroxylation is 1. The van der Waals surface area contributed by atoms with Gasteiger partial charge in [-0.05, 0) is 30.7 Å². The van der Waals surface area contributed by atoms with Crippen LogP contribution in [0.2, 0.25) is 0 Å². The van der Waals surface area contributed by atoms with Gasteiger partial charge in [0, 0.05) is 38.8 Å². The van der Waals surface area contributed by atoms with E-state index in [1.165, 1.54) is 23.1 Å². The van der Waals surface area contributed by atoms with Crippen molar-refractivity contribution in [3.05, 3.63) is 35.1 Å². The quantitative estimate of drug-likeness (QED) is 0.902. The molecule has 1 N–H and O–H groups in total. The Hall–Kier alpha value is -1.66. The zero-order chi connectivity index (χ0) is 15.4. The van der Waals surface area contributed by atoms with Crippen molar-refractivity contribution in [3.8, 4) is 0 Å². The monoisotopic (exact) mass is 329 g/mol. The number of nitrogens with one attached hydrogen (secondary N) is 1. The van der Waals surface area contributed by atoms with Crippen LogP contribution in [0.4, 0.5) is 4.39 Å². The average Bonchev–Trinajstić information content (AvgIpc) is 2.50. The van der Waals surface area contributed by atoms with Crippen LogP contribution in [0, 0.1) is 12.7 Å². The lowest BCUT2D eigenvalue weighted by Crippen LogP contribution is -2.49. The molecule has 0 bridgehead atoms. The van der Waals surface area contributed by atoms with E-state index in [4.69, 9.17) is 0 Å². The molecular weight excluding hydrogens is 309 g/mol. The van der Waals surface area contributed by atoms with Crippen molar-refractivity contribution in [2.24, 2.45) is 0 Å². The minimum absolute atomic E-state index is 0. The Kier molecular flexibility index (Phi) is 6.77. The van der Waals surface area contributed by atoms with Crippen LogP contribution in [0.5, 0.6) is 0 Å². The molecular formula is C15H21ClFN3O2. The normalized spacial score (nSPS) is 14.2. The third-order valence-corrected chi connectivity index (χ3v) is 3.59. The van der Waals surface area contributed by atoms with Gasteiger partial charge in [0.1, 0.15) is 5.82 Å². The standard InChI is InChI=1S/C15H20FN3O2.ClH/c1-11-9-12(3-4-13(11)16)15(21)18(2)10-14(20)19-7-5-17-6-8-19;/h3-4,9,17H,5-8,10H2,1-2H3;1H. The Labute approximate surface area is 135 Å². The van der Waals surface area contributed by atoms with Crippen molar-refractivity contribution < 1.29 is 14.0 Å². The van der Waals surface area contributed by atoms with Gasteiger partial charge in [0.25, 0.3) is 5.91 Å². The summed E-state index contributed by atoms with van der Waals surface area (Å²) in [7, 11) is 1.58. The number of nitrogens with zero attached hydrogens (tertiary/aromatic N) is 2. The summed E-state index contributed by atoms with van der Waals surface area (Å²) in [4.78, 5) is 27.5. The van der Waals surface area contributed by atoms with Gasteiger partial charge in [0.05, 0.1) is 6.54 Å². The summed E-state index contributed by atoms with van der Waals surface area (Å²) >= 11 is 0. The molecule has 0 spiro atoms. The highest BCUT2D eigenvalue weighted by atomic mass is 35.5. The predicted molar refractivity (Wildman–Crippen MR) is 84.8 cm³/mol. The van der Waals surface area contributed by atoms with Crippen molar-refractivity contribution >= 4 is 24.2 Å². The van der Waals surface area contributed by atoms with E-state index in [-0.39, 0.29) is 36.6 Å². The molecule has 1 aromatic rings. The Morgan fingerprint density at radius 2 is 1.95 bits per heavy atom. The Bertz CT molecular complexity index is 548. The minimum Gasteiger partial charge on any atom is -0.339 e. The molecule has 0 aliphatic carbocycles. The van der Waals surface area contributed by atoms with Crippen LogP contribution in [0.25, 0.3) is 0 Å². The first-order valence-corrected chi connectivity index (χ1v) is 6.99. The number of hydrogen-bond acceptors (Lipinski definition) is 3. The number of rotatable bonds is 3. The van der Waals surface area contributed by atoms with E-state index in [0.717, 1.165) is 13.1 Å². The maximum absolute atomic E-state index is 13.2. The van der Waals surface area contributed by atoms with Crippen LogP contribution in [-0.2, 0) is 4.79 Å². The lowest BCUT2D eigenvalue weighted by Gasteiger charge is -2.29. The number of benzene rings is 1. The number of carbonyl (C=O) groups is 2. The highest BCUT2D eigenvalue weighted by Gasteiger charge is 2.21. The second-order valence-corrected chi connectivity index (χ2v) is 5.26. The van der Waals surface area contributed by atoms with Gasteiger partial charge in [0.2, 0.25) is 5.91 Å². The number of halogens is 2. The van der Waals surface area contributed by atoms with Gasteiger partial charge in [-0.15, -0.1) is 12.4 Å². The van der Waals surface area contributed by atoms with Crippen LogP contribution in [0.3, 0.4) is 0 Å². The smallest absolute Gasteiger partial charge is 0.254 e. The zero-order valence-electron chi connectivity index (χ0n) is 12.8. The Balaban J connectivity index is 0.00000242. The fourth-order valence-corrected chi connectivity index (χ4v) is 2.29. The second kappa shape index (κ2) is 8.10. The fourth-order valence-electron chi connectivity index (χ4n) is 2.29. The van der Waals surface area contributed by atoms with Crippen LogP contribution in [0.15, 0.2) is 18.2 Å². The molecule has 0 aromatic heterocycles. The van der Waals surface area contributed by atoms with Gasteiger partial charge < -0.3 is 15.1 Å². The van der Waals surface area contributed by atoms with Gasteiger partial charge in [-0.2, -0.15) is 0 Å². The van der Waals surface area contributed by atoms with Gasteiger partial charge in [-0.25, -0.2) is 4.39 Å². The van der Waals surface area contributed by atoms with Gasteiger partial charge in [-0.3, -0.25) is 9.59 Å². The molecule has 1 heterocycles. The summed E-state index contributed by atoms with van der Waals surface area (Å²) in [5.74, 6) is -0.682. The third-order valence-electron chi connectivity index (χ3n) is 3.59. The molecule has 5 nitrogen and oxygen atoms in total. The van der Waals surface area contributed by atoms with Crippen molar-refractivity contribution in [3.63, 3.8) is 0 Å². The molecule has 1 fully saturated rings. The van der Waals surface area contributed by atoms with E-state index < -0.39 is 0 Å². The summed E-state index contributed by atoms with van der Waals surface area (Å²) in [5, 5.41) is 3.17. The summed E-state index contributed by atoms with van der Waals surface area (Å²) in [6, 6.07) is 4.22. The van der Waals surface area contributed by atoms with Crippen molar-refractivity contribution in [2.75, 3.05) is 39.8 Å². The molecule has 0 saturated carbocycles. The first-order valence-electron chi connectivity index (χ1n) is 6.99. The van der Waals surface area contributed by atoms with Crippen LogP contribution in [-0.4, -0.2) is 61.4 Å². The van der Waals surface area contributed by atoms with Crippen molar-refractivity contribution in [1.29, 1.82) is 0 Å². The van der Waals surface area contributed by atoms with Crippen LogP contribution in [0.1, 0.15) is 15.9 Å². The molecule has 0 unspecified atom stereocenters. The number of piperazine rings is 1. The predicted octanol–water partition coefficient (Wildman–Crippen LogP) is 1.06. The molecule has 2 rings (SSSR count). The molecule has 122 valence electrons. The lowest BCUT2D eigenvalue weighted by molar-refractivity contribution is -0.132. The molecule has 2 amide bonds. The molecule has 1 saturated heterocycles. The molecule has 0 atom stereocenters. The third kappa shape index (κ3) is 4.42. The maximum atomic E-state index is 13.2. The van der Waals surface area contributed by atoms with E-state index >= 15 is 0 Å². The summed E-state index contributed by atoms with van der Waals surface area (Å²) < 4.78 is 13.2. The van der Waals surface area contributed by atoms with Crippen LogP contribution < -0.4 is 5.32 Å². The summed E-state index contributed by atoms with van der Waals surface area (Å²) in [6.45, 7) is 4.53. The number of hydrogen-bond donors (Lipinski definition) is 1. The van der Waals surface area contributed by atoms with E-state index in [9.17, 15) is 14.0 Å². The van der Waals surface area contributed by atoms with Crippen molar-refractivity contribution in [2.45, 2.75) is 6.92 Å². The lowest BCUT2D eigenvalue weighted by atomic mass is 10.1. The fraction of sp³-hybridized carbons (Fsp3) is 0.467. The topological polar surface area (TPSA) is 52.7 Å². The van der Waals surface area contributed by atoms with E-state index in [1.807, 2.05) is 0 Å². The van der Waals surface area contributed by atoms with Gasteiger partial charge in [-0.1, -0.05) is 0 Å². The first kappa shape index (κ1) is 18.4. The summed E-state index contributed by atoms with van der Waals surface area (Å²) in [6.07, 6.45) is 0. The van der Waals surface area contributed by atoms with E-state index in [2.05, 4.69) is 5.32 Å². The minimum atomic E-state index is -0.342. The average molecular weight is 330 g/mol. The maximum Gasteiger partial charge on any atom is 0.254 e. The molecule has 1 aliphatic heterocycles. The van der Waals surface area contributed by atoms with Crippen molar-refractivity contribution in [1.82, 2.24) is 15.1 Å². The van der Waals surface area contributed by atoms with Gasteiger partial charge in [0.15, 0.2) is 0 Å². The SMILES string of the molecule is Cc1cc(C(=O)N(C)CC(=O)N2CCNCC2)ccc1F.Cl. The highest BCUT2D eigenvalue weighted by molar-refractivity contribution is 5.96. The molecule has 22 heavy (non-hydrogen) atoms. The molecule has 7 heteroatoms. The summed E-state index contributed by atoms with van der Waals surface area (Å²) in [5.41, 5.74) is 0.812.